The lowest BCUT2D eigenvalue weighted by Crippen LogP contribution is -2.42. The predicted octanol–water partition coefficient (Wildman–Crippen LogP) is 3.28. The summed E-state index contributed by atoms with van der Waals surface area (Å²) in [6.07, 6.45) is 5.64. The Morgan fingerprint density at radius 2 is 1.68 bits per heavy atom. The first-order valence-electron chi connectivity index (χ1n) is 10.6. The second-order valence-corrected chi connectivity index (χ2v) is 9.45. The molecule has 1 atom stereocenters. The van der Waals surface area contributed by atoms with Crippen LogP contribution in [0.1, 0.15) is 51.9 Å². The van der Waals surface area contributed by atoms with Gasteiger partial charge in [0, 0.05) is 18.3 Å². The van der Waals surface area contributed by atoms with Gasteiger partial charge in [0.25, 0.3) is 0 Å². The highest BCUT2D eigenvalue weighted by Gasteiger charge is 2.22. The van der Waals surface area contributed by atoms with E-state index in [1.807, 2.05) is 0 Å². The van der Waals surface area contributed by atoms with E-state index in [0.29, 0.717) is 12.3 Å². The van der Waals surface area contributed by atoms with Gasteiger partial charge in [0.1, 0.15) is 0 Å². The van der Waals surface area contributed by atoms with Crippen LogP contribution in [0.4, 0.5) is 10.5 Å². The Hall–Kier alpha value is -2.17. The number of amides is 1. The summed E-state index contributed by atoms with van der Waals surface area (Å²) in [4.78, 5) is 24.6. The number of carboxylic acid groups (broad SMARTS) is 1. The molecule has 0 aromatic heterocycles. The van der Waals surface area contributed by atoms with Crippen molar-refractivity contribution < 1.29 is 27.9 Å². The fraction of sp³-hybridized carbons (Fsp3) is 0.619. The first-order valence-corrected chi connectivity index (χ1v) is 12.0. The quantitative estimate of drug-likeness (QED) is 0.345. The number of aliphatic carboxylic acids is 1. The Labute approximate surface area is 185 Å². The number of nitrogens with zero attached hydrogens (tertiary/aromatic N) is 1. The summed E-state index contributed by atoms with van der Waals surface area (Å²) in [5.41, 5.74) is 0.405. The molecular weight excluding hydrogens is 422 g/mol. The van der Waals surface area contributed by atoms with Gasteiger partial charge in [-0.15, -0.1) is 0 Å². The molecule has 176 valence electrons. The van der Waals surface area contributed by atoms with Gasteiger partial charge in [-0.25, -0.2) is 17.9 Å². The van der Waals surface area contributed by atoms with Crippen LogP contribution in [0, 0.1) is 0 Å². The molecule has 0 saturated heterocycles. The topological polar surface area (TPSA) is 125 Å². The summed E-state index contributed by atoms with van der Waals surface area (Å²) in [6, 6.07) is 4.84. The minimum Gasteiger partial charge on any atom is -0.481 e. The molecular formula is C21H35N3O6S. The van der Waals surface area contributed by atoms with Gasteiger partial charge in [-0.05, 0) is 44.8 Å². The first kappa shape index (κ1) is 26.9. The number of sulfonamides is 1. The van der Waals surface area contributed by atoms with E-state index in [4.69, 9.17) is 9.84 Å². The van der Waals surface area contributed by atoms with Gasteiger partial charge < -0.3 is 14.7 Å². The molecule has 1 rings (SSSR count). The molecule has 1 aromatic rings. The lowest BCUT2D eigenvalue weighted by molar-refractivity contribution is -0.137. The number of nitrogens with one attached hydrogen (secondary N) is 2. The Bertz CT molecular complexity index is 781. The van der Waals surface area contributed by atoms with Crippen LogP contribution in [0.2, 0.25) is 0 Å². The highest BCUT2D eigenvalue weighted by molar-refractivity contribution is 7.89. The van der Waals surface area contributed by atoms with Gasteiger partial charge in [0.05, 0.1) is 17.9 Å². The number of unbranched alkanes of at least 4 members (excludes halogenated alkanes) is 5. The first-order chi connectivity index (χ1) is 14.6. The second-order valence-electron chi connectivity index (χ2n) is 7.73. The second kappa shape index (κ2) is 14.0. The van der Waals surface area contributed by atoms with Gasteiger partial charge in [-0.2, -0.15) is 0 Å². The molecule has 0 spiro atoms. The zero-order chi connectivity index (χ0) is 23.3. The lowest BCUT2D eigenvalue weighted by Gasteiger charge is -2.20. The lowest BCUT2D eigenvalue weighted by atomic mass is 10.1. The van der Waals surface area contributed by atoms with Crippen LogP contribution in [0.15, 0.2) is 29.2 Å². The number of rotatable bonds is 15. The molecule has 0 bridgehead atoms. The van der Waals surface area contributed by atoms with Crippen molar-refractivity contribution in [1.82, 2.24) is 9.62 Å². The van der Waals surface area contributed by atoms with Crippen molar-refractivity contribution in [3.63, 3.8) is 0 Å². The number of hydrogen-bond acceptors (Lipinski definition) is 6. The van der Waals surface area contributed by atoms with Gasteiger partial charge in [0.15, 0.2) is 0 Å². The van der Waals surface area contributed by atoms with Crippen molar-refractivity contribution in [2.24, 2.45) is 0 Å². The zero-order valence-electron chi connectivity index (χ0n) is 18.6. The Morgan fingerprint density at radius 3 is 2.26 bits per heavy atom. The maximum absolute atomic E-state index is 12.6. The number of anilines is 1. The third-order valence-electron chi connectivity index (χ3n) is 4.47. The maximum Gasteiger partial charge on any atom is 0.411 e. The van der Waals surface area contributed by atoms with Crippen molar-refractivity contribution in [2.45, 2.75) is 62.8 Å². The molecule has 1 amide bonds. The normalized spacial score (nSPS) is 12.5. The SMILES string of the molecule is CCCCCCCCOC(=O)Nc1ccc(S(=O)(=O)NC(CC(=O)O)CN(C)C)cc1. The summed E-state index contributed by atoms with van der Waals surface area (Å²) in [5.74, 6) is -1.09. The number of hydrogen-bond donors (Lipinski definition) is 3. The van der Waals surface area contributed by atoms with Crippen LogP contribution in [-0.2, 0) is 19.6 Å². The Kier molecular flexibility index (Phi) is 12.1. The molecule has 0 aliphatic rings. The number of carbonyl (C=O) groups is 2. The fourth-order valence-electron chi connectivity index (χ4n) is 3.00. The number of ether oxygens (including phenoxy) is 1. The van der Waals surface area contributed by atoms with Gasteiger partial charge >= 0.3 is 12.1 Å². The van der Waals surface area contributed by atoms with E-state index in [1.54, 1.807) is 19.0 Å². The van der Waals surface area contributed by atoms with Gasteiger partial charge in [-0.1, -0.05) is 39.0 Å². The van der Waals surface area contributed by atoms with Gasteiger partial charge in [-0.3, -0.25) is 10.1 Å². The van der Waals surface area contributed by atoms with E-state index in [9.17, 15) is 18.0 Å². The molecule has 1 unspecified atom stereocenters. The molecule has 10 heteroatoms. The summed E-state index contributed by atoms with van der Waals surface area (Å²) >= 11 is 0. The minimum atomic E-state index is -3.91. The van der Waals surface area contributed by atoms with Crippen molar-refractivity contribution in [3.05, 3.63) is 24.3 Å². The minimum absolute atomic E-state index is 0.0207. The Balaban J connectivity index is 2.55. The van der Waals surface area contributed by atoms with E-state index in [1.165, 1.54) is 43.5 Å². The van der Waals surface area contributed by atoms with Crippen LogP contribution >= 0.6 is 0 Å². The molecule has 31 heavy (non-hydrogen) atoms. The maximum atomic E-state index is 12.6. The molecule has 0 aliphatic heterocycles. The summed E-state index contributed by atoms with van der Waals surface area (Å²) in [5, 5.41) is 11.6. The van der Waals surface area contributed by atoms with Crippen molar-refractivity contribution >= 4 is 27.8 Å². The van der Waals surface area contributed by atoms with E-state index in [0.717, 1.165) is 19.3 Å². The van der Waals surface area contributed by atoms with Crippen molar-refractivity contribution in [3.8, 4) is 0 Å². The number of benzene rings is 1. The Morgan fingerprint density at radius 1 is 1.06 bits per heavy atom. The van der Waals surface area contributed by atoms with E-state index in [2.05, 4.69) is 17.0 Å². The standard InChI is InChI=1S/C21H35N3O6S/c1-4-5-6-7-8-9-14-30-21(27)22-17-10-12-19(13-11-17)31(28,29)23-18(15-20(25)26)16-24(2)3/h10-13,18,23H,4-9,14-16H2,1-3H3,(H,22,27)(H,25,26). The average molecular weight is 458 g/mol. The summed E-state index contributed by atoms with van der Waals surface area (Å²) < 4.78 is 32.7. The van der Waals surface area contributed by atoms with Crippen LogP contribution in [0.25, 0.3) is 0 Å². The third kappa shape index (κ3) is 11.7. The molecule has 0 radical (unpaired) electrons. The number of carboxylic acids is 1. The average Bonchev–Trinajstić information content (AvgIpc) is 2.66. The molecule has 0 saturated carbocycles. The summed E-state index contributed by atoms with van der Waals surface area (Å²) in [7, 11) is -0.445. The van der Waals surface area contributed by atoms with Gasteiger partial charge in [0.2, 0.25) is 10.0 Å². The highest BCUT2D eigenvalue weighted by atomic mass is 32.2. The fourth-order valence-corrected chi connectivity index (χ4v) is 4.23. The molecule has 0 aliphatic carbocycles. The van der Waals surface area contributed by atoms with E-state index >= 15 is 0 Å². The largest absolute Gasteiger partial charge is 0.481 e. The smallest absolute Gasteiger partial charge is 0.411 e. The van der Waals surface area contributed by atoms with E-state index < -0.39 is 28.1 Å². The zero-order valence-corrected chi connectivity index (χ0v) is 19.4. The third-order valence-corrected chi connectivity index (χ3v) is 6.01. The number of likely N-dealkylation sites (N-methyl/N-ethyl adjacent to an activating group) is 1. The predicted molar refractivity (Wildman–Crippen MR) is 120 cm³/mol. The van der Waals surface area contributed by atoms with Crippen LogP contribution in [0.3, 0.4) is 0 Å². The van der Waals surface area contributed by atoms with E-state index in [-0.39, 0.29) is 17.9 Å². The summed E-state index contributed by atoms with van der Waals surface area (Å²) in [6.45, 7) is 2.74. The van der Waals surface area contributed by atoms with Crippen molar-refractivity contribution in [2.75, 3.05) is 32.6 Å². The molecule has 0 fully saturated rings. The molecule has 3 N–H and O–H groups in total. The van der Waals surface area contributed by atoms with Crippen LogP contribution in [0.5, 0.6) is 0 Å². The number of carbonyl (C=O) groups excluding carboxylic acids is 1. The molecule has 1 aromatic carbocycles. The van der Waals surface area contributed by atoms with Crippen LogP contribution in [-0.4, -0.2) is 63.8 Å². The molecule has 9 nitrogen and oxygen atoms in total. The van der Waals surface area contributed by atoms with Crippen LogP contribution < -0.4 is 10.0 Å². The molecule has 0 heterocycles. The van der Waals surface area contributed by atoms with Crippen molar-refractivity contribution in [1.29, 1.82) is 0 Å². The monoisotopic (exact) mass is 457 g/mol. The highest BCUT2D eigenvalue weighted by Crippen LogP contribution is 2.15.